The summed E-state index contributed by atoms with van der Waals surface area (Å²) in [6.07, 6.45) is 0.192. The zero-order chi connectivity index (χ0) is 16.8. The van der Waals surface area contributed by atoms with Gasteiger partial charge in [0.1, 0.15) is 0 Å². The molecule has 4 nitrogen and oxygen atoms in total. The van der Waals surface area contributed by atoms with Crippen LogP contribution in [-0.4, -0.2) is 18.5 Å². The minimum atomic E-state index is -0.491. The Morgan fingerprint density at radius 1 is 1.13 bits per heavy atom. The second kappa shape index (κ2) is 7.99. The summed E-state index contributed by atoms with van der Waals surface area (Å²) >= 11 is 11.9. The maximum absolute atomic E-state index is 12.0. The lowest BCUT2D eigenvalue weighted by Crippen LogP contribution is -2.14. The second-order valence-corrected chi connectivity index (χ2v) is 5.61. The predicted octanol–water partition coefficient (Wildman–Crippen LogP) is 4.35. The molecule has 0 atom stereocenters. The van der Waals surface area contributed by atoms with E-state index in [1.165, 1.54) is 12.1 Å². The number of halogens is 2. The van der Waals surface area contributed by atoms with Crippen molar-refractivity contribution in [3.05, 3.63) is 63.6 Å². The molecule has 0 fully saturated rings. The fourth-order valence-electron chi connectivity index (χ4n) is 2.00. The molecule has 23 heavy (non-hydrogen) atoms. The van der Waals surface area contributed by atoms with Gasteiger partial charge in [0.2, 0.25) is 5.91 Å². The van der Waals surface area contributed by atoms with E-state index in [2.05, 4.69) is 5.32 Å². The Labute approximate surface area is 144 Å². The number of hydrogen-bond donors (Lipinski definition) is 1. The average molecular weight is 352 g/mol. The molecule has 0 saturated heterocycles. The van der Waals surface area contributed by atoms with E-state index in [4.69, 9.17) is 27.9 Å². The quantitative estimate of drug-likeness (QED) is 0.814. The largest absolute Gasteiger partial charge is 0.462 e. The van der Waals surface area contributed by atoms with Crippen molar-refractivity contribution >= 4 is 40.8 Å². The van der Waals surface area contributed by atoms with E-state index >= 15 is 0 Å². The number of esters is 1. The summed E-state index contributed by atoms with van der Waals surface area (Å²) in [4.78, 5) is 23.7. The van der Waals surface area contributed by atoms with Crippen LogP contribution in [0.5, 0.6) is 0 Å². The average Bonchev–Trinajstić information content (AvgIpc) is 2.47. The smallest absolute Gasteiger partial charge is 0.339 e. The Hall–Kier alpha value is -2.04. The van der Waals surface area contributed by atoms with Crippen LogP contribution in [0.3, 0.4) is 0 Å². The molecule has 0 spiro atoms. The minimum absolute atomic E-state index is 0.192. The van der Waals surface area contributed by atoms with Crippen LogP contribution in [0, 0.1) is 0 Å². The monoisotopic (exact) mass is 351 g/mol. The van der Waals surface area contributed by atoms with Crippen LogP contribution in [0.1, 0.15) is 22.8 Å². The molecule has 1 N–H and O–H groups in total. The highest BCUT2D eigenvalue weighted by Crippen LogP contribution is 2.22. The van der Waals surface area contributed by atoms with E-state index in [9.17, 15) is 9.59 Å². The highest BCUT2D eigenvalue weighted by atomic mass is 35.5. The highest BCUT2D eigenvalue weighted by molar-refractivity contribution is 6.34. The molecule has 120 valence electrons. The van der Waals surface area contributed by atoms with Gasteiger partial charge in [-0.2, -0.15) is 0 Å². The summed E-state index contributed by atoms with van der Waals surface area (Å²) in [6, 6.07) is 11.7. The van der Waals surface area contributed by atoms with Gasteiger partial charge in [-0.25, -0.2) is 4.79 Å². The van der Waals surface area contributed by atoms with Crippen LogP contribution in [0.15, 0.2) is 42.5 Å². The minimum Gasteiger partial charge on any atom is -0.462 e. The van der Waals surface area contributed by atoms with Gasteiger partial charge in [-0.1, -0.05) is 35.3 Å². The Balaban J connectivity index is 2.04. The predicted molar refractivity (Wildman–Crippen MR) is 91.2 cm³/mol. The van der Waals surface area contributed by atoms with Crippen LogP contribution < -0.4 is 5.32 Å². The van der Waals surface area contributed by atoms with Crippen molar-refractivity contribution in [2.24, 2.45) is 0 Å². The fourth-order valence-corrected chi connectivity index (χ4v) is 2.48. The first-order valence-electron chi connectivity index (χ1n) is 7.00. The number of rotatable bonds is 5. The maximum atomic E-state index is 12.0. The normalized spacial score (nSPS) is 10.2. The molecule has 0 heterocycles. The molecular weight excluding hydrogens is 337 g/mol. The van der Waals surface area contributed by atoms with E-state index in [-0.39, 0.29) is 29.5 Å². The lowest BCUT2D eigenvalue weighted by Gasteiger charge is -2.08. The van der Waals surface area contributed by atoms with Crippen molar-refractivity contribution in [2.75, 3.05) is 11.9 Å². The number of ether oxygens (including phenoxy) is 1. The molecule has 1 amide bonds. The third kappa shape index (κ3) is 4.98. The number of anilines is 1. The van der Waals surface area contributed by atoms with Crippen LogP contribution in [-0.2, 0) is 16.0 Å². The summed E-state index contributed by atoms with van der Waals surface area (Å²) in [5.74, 6) is -0.693. The molecule has 2 aromatic rings. The van der Waals surface area contributed by atoms with Gasteiger partial charge < -0.3 is 10.1 Å². The molecular formula is C17H15Cl2NO3. The zero-order valence-corrected chi connectivity index (χ0v) is 13.9. The molecule has 0 saturated carbocycles. The fraction of sp³-hybridized carbons (Fsp3) is 0.176. The summed E-state index contributed by atoms with van der Waals surface area (Å²) in [5.41, 5.74) is 1.58. The Bertz CT molecular complexity index is 732. The number of carbonyl (C=O) groups excluding carboxylic acids is 2. The van der Waals surface area contributed by atoms with Crippen LogP contribution in [0.25, 0.3) is 0 Å². The van der Waals surface area contributed by atoms with Crippen LogP contribution >= 0.6 is 23.2 Å². The van der Waals surface area contributed by atoms with Crippen molar-refractivity contribution in [3.63, 3.8) is 0 Å². The Kier molecular flexibility index (Phi) is 6.02. The zero-order valence-electron chi connectivity index (χ0n) is 12.4. The molecule has 0 bridgehead atoms. The lowest BCUT2D eigenvalue weighted by molar-refractivity contribution is -0.115. The van der Waals surface area contributed by atoms with Gasteiger partial charge in [-0.3, -0.25) is 4.79 Å². The van der Waals surface area contributed by atoms with Crippen molar-refractivity contribution in [2.45, 2.75) is 13.3 Å². The van der Waals surface area contributed by atoms with Crippen molar-refractivity contribution in [1.82, 2.24) is 0 Å². The number of carbonyl (C=O) groups is 2. The van der Waals surface area contributed by atoms with Crippen LogP contribution in [0.2, 0.25) is 10.0 Å². The Morgan fingerprint density at radius 3 is 2.57 bits per heavy atom. The van der Waals surface area contributed by atoms with E-state index in [0.29, 0.717) is 10.7 Å². The van der Waals surface area contributed by atoms with E-state index in [0.717, 1.165) is 5.56 Å². The summed E-state index contributed by atoms with van der Waals surface area (Å²) in [5, 5.41) is 3.54. The molecule has 0 aliphatic carbocycles. The van der Waals surface area contributed by atoms with E-state index in [1.54, 1.807) is 31.2 Å². The van der Waals surface area contributed by atoms with Gasteiger partial charge in [0.05, 0.1) is 23.6 Å². The number of benzene rings is 2. The molecule has 0 aliphatic rings. The maximum Gasteiger partial charge on any atom is 0.339 e. The lowest BCUT2D eigenvalue weighted by atomic mass is 10.1. The summed E-state index contributed by atoms with van der Waals surface area (Å²) in [7, 11) is 0. The van der Waals surface area contributed by atoms with Gasteiger partial charge >= 0.3 is 5.97 Å². The third-order valence-electron chi connectivity index (χ3n) is 3.00. The molecule has 2 aromatic carbocycles. The first-order chi connectivity index (χ1) is 11.0. The second-order valence-electron chi connectivity index (χ2n) is 4.77. The molecule has 0 aromatic heterocycles. The molecule has 0 unspecified atom stereocenters. The molecule has 0 radical (unpaired) electrons. The van der Waals surface area contributed by atoms with Gasteiger partial charge in [0.25, 0.3) is 0 Å². The molecule has 0 aliphatic heterocycles. The molecule has 2 rings (SSSR count). The van der Waals surface area contributed by atoms with E-state index < -0.39 is 5.97 Å². The first-order valence-corrected chi connectivity index (χ1v) is 7.76. The van der Waals surface area contributed by atoms with Gasteiger partial charge in [-0.15, -0.1) is 0 Å². The highest BCUT2D eigenvalue weighted by Gasteiger charge is 2.12. The summed E-state index contributed by atoms with van der Waals surface area (Å²) in [6.45, 7) is 1.99. The third-order valence-corrected chi connectivity index (χ3v) is 3.55. The summed E-state index contributed by atoms with van der Waals surface area (Å²) < 4.78 is 4.90. The first kappa shape index (κ1) is 17.3. The number of nitrogens with one attached hydrogen (secondary N) is 1. The van der Waals surface area contributed by atoms with Crippen LogP contribution in [0.4, 0.5) is 5.69 Å². The number of amides is 1. The van der Waals surface area contributed by atoms with Gasteiger partial charge in [0, 0.05) is 10.7 Å². The van der Waals surface area contributed by atoms with Crippen molar-refractivity contribution < 1.29 is 14.3 Å². The number of hydrogen-bond acceptors (Lipinski definition) is 3. The van der Waals surface area contributed by atoms with Gasteiger partial charge in [-0.05, 0) is 42.8 Å². The standard InChI is InChI=1S/C17H15Cl2NO3/c1-2-23-17(22)14-7-6-13(10-15(14)19)20-16(21)9-11-4-3-5-12(18)8-11/h3-8,10H,2,9H2,1H3,(H,20,21). The topological polar surface area (TPSA) is 55.4 Å². The van der Waals surface area contributed by atoms with Crippen molar-refractivity contribution in [1.29, 1.82) is 0 Å². The Morgan fingerprint density at radius 2 is 1.91 bits per heavy atom. The molecule has 6 heteroatoms. The van der Waals surface area contributed by atoms with E-state index in [1.807, 2.05) is 6.07 Å². The van der Waals surface area contributed by atoms with Gasteiger partial charge in [0.15, 0.2) is 0 Å². The van der Waals surface area contributed by atoms with Crippen molar-refractivity contribution in [3.8, 4) is 0 Å². The SMILES string of the molecule is CCOC(=O)c1ccc(NC(=O)Cc2cccc(Cl)c2)cc1Cl.